The molecule has 0 spiro atoms. The van der Waals surface area contributed by atoms with Crippen molar-refractivity contribution in [3.63, 3.8) is 0 Å². The highest BCUT2D eigenvalue weighted by atomic mass is 35.5. The molecule has 0 aromatic heterocycles. The molecular formula is C8H10ClN. The van der Waals surface area contributed by atoms with Gasteiger partial charge in [0, 0.05) is 10.6 Å². The first-order chi connectivity index (χ1) is 4.79. The van der Waals surface area contributed by atoms with Crippen molar-refractivity contribution in [3.05, 3.63) is 23.2 Å². The number of hydrogen-bond acceptors (Lipinski definition) is 1. The summed E-state index contributed by atoms with van der Waals surface area (Å²) < 4.78 is 0. The van der Waals surface area contributed by atoms with Crippen molar-refractivity contribution in [3.8, 4) is 11.1 Å². The van der Waals surface area contributed by atoms with Gasteiger partial charge in [-0.3, -0.25) is 0 Å². The molecule has 2 N–H and O–H groups in total. The van der Waals surface area contributed by atoms with Crippen LogP contribution in [0.1, 0.15) is 6.92 Å². The third-order valence-corrected chi connectivity index (χ3v) is 1.52. The molecule has 0 aliphatic heterocycles. The highest BCUT2D eigenvalue weighted by Gasteiger charge is 2.14. The zero-order chi connectivity index (χ0) is 7.56. The molecule has 2 aliphatic carbocycles. The Labute approximate surface area is 65.8 Å². The van der Waals surface area contributed by atoms with Crippen molar-refractivity contribution < 1.29 is 0 Å². The minimum atomic E-state index is 0.750. The Morgan fingerprint density at radius 1 is 1.50 bits per heavy atom. The molecule has 2 heteroatoms. The molecule has 0 radical (unpaired) electrons. The average Bonchev–Trinajstić information content (AvgIpc) is 2.57. The van der Waals surface area contributed by atoms with Gasteiger partial charge in [0.05, 0.1) is 0 Å². The zero-order valence-electron chi connectivity index (χ0n) is 5.89. The fourth-order valence-electron chi connectivity index (χ4n) is 0.717. The lowest BCUT2D eigenvalue weighted by molar-refractivity contribution is 1.14. The van der Waals surface area contributed by atoms with E-state index < -0.39 is 0 Å². The van der Waals surface area contributed by atoms with Gasteiger partial charge in [-0.1, -0.05) is 24.6 Å². The van der Waals surface area contributed by atoms with E-state index in [0.29, 0.717) is 0 Å². The summed E-state index contributed by atoms with van der Waals surface area (Å²) in [6.45, 7) is 2.65. The Balaban J connectivity index is 0.000000148. The van der Waals surface area contributed by atoms with E-state index in [0.717, 1.165) is 11.6 Å². The van der Waals surface area contributed by atoms with Crippen molar-refractivity contribution in [1.82, 2.24) is 0 Å². The van der Waals surface area contributed by atoms with Gasteiger partial charge in [-0.05, 0) is 24.2 Å². The zero-order valence-corrected chi connectivity index (χ0v) is 6.65. The van der Waals surface area contributed by atoms with Crippen LogP contribution >= 0.6 is 11.6 Å². The van der Waals surface area contributed by atoms with Crippen LogP contribution in [0.3, 0.4) is 0 Å². The number of nitrogens with two attached hydrogens (primary N) is 1. The van der Waals surface area contributed by atoms with Crippen molar-refractivity contribution >= 4 is 11.6 Å². The summed E-state index contributed by atoms with van der Waals surface area (Å²) in [6, 6.07) is 6.02. The molecule has 0 atom stereocenters. The molecule has 0 unspecified atom stereocenters. The van der Waals surface area contributed by atoms with Gasteiger partial charge < -0.3 is 5.73 Å². The Kier molecular flexibility index (Phi) is 2.30. The maximum Gasteiger partial charge on any atom is 0.0484 e. The summed E-state index contributed by atoms with van der Waals surface area (Å²) in [5.41, 5.74) is 7.40. The van der Waals surface area contributed by atoms with E-state index in [1.54, 1.807) is 0 Å². The fraction of sp³-hybridized carbons (Fsp3) is 0.250. The van der Waals surface area contributed by atoms with Gasteiger partial charge in [-0.2, -0.15) is 0 Å². The van der Waals surface area contributed by atoms with Crippen LogP contribution in [0.25, 0.3) is 11.1 Å². The quantitative estimate of drug-likeness (QED) is 0.621. The van der Waals surface area contributed by atoms with Crippen LogP contribution in [0, 0.1) is 0 Å². The summed E-state index contributed by atoms with van der Waals surface area (Å²) >= 11 is 5.65. The largest absolute Gasteiger partial charge is 0.331 e. The lowest BCUT2D eigenvalue weighted by Crippen LogP contribution is -1.87. The number of fused-ring (bicyclic) bond motifs is 1. The third kappa shape index (κ3) is 1.49. The molecular weight excluding hydrogens is 146 g/mol. The van der Waals surface area contributed by atoms with E-state index >= 15 is 0 Å². The molecule has 0 saturated carbocycles. The number of benzene rings is 1. The molecule has 2 rings (SSSR count). The predicted molar refractivity (Wildman–Crippen MR) is 45.2 cm³/mol. The summed E-state index contributed by atoms with van der Waals surface area (Å²) in [6.07, 6.45) is 0. The normalized spacial score (nSPS) is 9.90. The monoisotopic (exact) mass is 155 g/mol. The Hall–Kier alpha value is -0.530. The minimum Gasteiger partial charge on any atom is -0.331 e. The molecule has 0 fully saturated rings. The first-order valence-electron chi connectivity index (χ1n) is 3.29. The van der Waals surface area contributed by atoms with Crippen LogP contribution in [0.4, 0.5) is 0 Å². The second-order valence-electron chi connectivity index (χ2n) is 2.10. The predicted octanol–water partition coefficient (Wildman–Crippen LogP) is 2.29. The third-order valence-electron chi connectivity index (χ3n) is 1.19. The average molecular weight is 156 g/mol. The van der Waals surface area contributed by atoms with Gasteiger partial charge in [-0.15, -0.1) is 0 Å². The summed E-state index contributed by atoms with van der Waals surface area (Å²) in [7, 11) is 0. The van der Waals surface area contributed by atoms with E-state index in [9.17, 15) is 0 Å². The van der Waals surface area contributed by atoms with Crippen molar-refractivity contribution in [2.24, 2.45) is 5.73 Å². The summed E-state index contributed by atoms with van der Waals surface area (Å²) in [4.78, 5) is 0. The fourth-order valence-corrected chi connectivity index (χ4v) is 0.944. The van der Waals surface area contributed by atoms with E-state index in [4.69, 9.17) is 17.3 Å². The second kappa shape index (κ2) is 3.04. The minimum absolute atomic E-state index is 0.750. The Bertz CT molecular complexity index is 233. The molecule has 1 nitrogen and oxygen atoms in total. The molecule has 0 aromatic carbocycles. The standard InChI is InChI=1S/C6H3Cl.C2H7N/c7-6-2-1-4-3-5(4)6;1-2-3/h1-3H;2-3H2,1H3. The van der Waals surface area contributed by atoms with E-state index in [2.05, 4.69) is 6.07 Å². The van der Waals surface area contributed by atoms with Gasteiger partial charge in [0.2, 0.25) is 0 Å². The molecule has 10 heavy (non-hydrogen) atoms. The highest BCUT2D eigenvalue weighted by Crippen LogP contribution is 2.40. The van der Waals surface area contributed by atoms with Gasteiger partial charge in [0.15, 0.2) is 0 Å². The molecule has 0 aromatic rings. The highest BCUT2D eigenvalue weighted by molar-refractivity contribution is 6.35. The summed E-state index contributed by atoms with van der Waals surface area (Å²) in [5, 5.41) is 0.898. The van der Waals surface area contributed by atoms with Crippen LogP contribution in [0.5, 0.6) is 0 Å². The topological polar surface area (TPSA) is 26.0 Å². The van der Waals surface area contributed by atoms with Gasteiger partial charge in [0.25, 0.3) is 0 Å². The number of hydrogen-bond donors (Lipinski definition) is 1. The Morgan fingerprint density at radius 3 is 2.20 bits per heavy atom. The van der Waals surface area contributed by atoms with Crippen molar-refractivity contribution in [1.29, 1.82) is 0 Å². The smallest absolute Gasteiger partial charge is 0.0484 e. The van der Waals surface area contributed by atoms with Crippen LogP contribution in [0.2, 0.25) is 5.02 Å². The maximum absolute atomic E-state index is 5.65. The molecule has 2 aliphatic rings. The summed E-state index contributed by atoms with van der Waals surface area (Å²) in [5.74, 6) is 0. The van der Waals surface area contributed by atoms with E-state index in [1.165, 1.54) is 11.1 Å². The second-order valence-corrected chi connectivity index (χ2v) is 2.51. The molecule has 54 valence electrons. The van der Waals surface area contributed by atoms with Gasteiger partial charge in [0.1, 0.15) is 0 Å². The number of halogens is 1. The van der Waals surface area contributed by atoms with E-state index in [1.807, 2.05) is 19.1 Å². The number of rotatable bonds is 0. The molecule has 0 amide bonds. The maximum atomic E-state index is 5.65. The lowest BCUT2D eigenvalue weighted by Gasteiger charge is -1.68. The SMILES string of the molecule is CCN.Clc1ccc2cc1-2. The van der Waals surface area contributed by atoms with Crippen molar-refractivity contribution in [2.75, 3.05) is 6.54 Å². The first-order valence-corrected chi connectivity index (χ1v) is 3.67. The van der Waals surface area contributed by atoms with Crippen LogP contribution in [-0.2, 0) is 0 Å². The van der Waals surface area contributed by atoms with Crippen molar-refractivity contribution in [2.45, 2.75) is 6.92 Å². The van der Waals surface area contributed by atoms with Gasteiger partial charge in [-0.25, -0.2) is 0 Å². The molecule has 0 heterocycles. The molecule has 0 bridgehead atoms. The first kappa shape index (κ1) is 7.58. The van der Waals surface area contributed by atoms with E-state index in [-0.39, 0.29) is 0 Å². The van der Waals surface area contributed by atoms with Crippen LogP contribution < -0.4 is 5.73 Å². The molecule has 0 saturated heterocycles. The Morgan fingerprint density at radius 2 is 2.10 bits per heavy atom. The van der Waals surface area contributed by atoms with Gasteiger partial charge >= 0.3 is 0 Å². The van der Waals surface area contributed by atoms with Crippen LogP contribution in [-0.4, -0.2) is 6.54 Å². The van der Waals surface area contributed by atoms with Crippen LogP contribution in [0.15, 0.2) is 18.2 Å². The lowest BCUT2D eigenvalue weighted by atomic mass is 10.5.